The van der Waals surface area contributed by atoms with E-state index in [1.807, 2.05) is 0 Å². The largest absolute Gasteiger partial charge is 0.480 e. The lowest BCUT2D eigenvalue weighted by molar-refractivity contribution is -0.143. The molecule has 1 saturated heterocycles. The highest BCUT2D eigenvalue weighted by Gasteiger charge is 2.37. The molecule has 3 heteroatoms. The molecule has 0 aromatic heterocycles. The van der Waals surface area contributed by atoms with E-state index < -0.39 is 5.97 Å². The molecule has 0 aromatic rings. The number of carboxylic acid groups (broad SMARTS) is 1. The predicted molar refractivity (Wildman–Crippen MR) is 58.7 cm³/mol. The molecule has 2 unspecified atom stereocenters. The number of aliphatic carboxylic acids is 1. The summed E-state index contributed by atoms with van der Waals surface area (Å²) in [6, 6.07) is -0.217. The highest BCUT2D eigenvalue weighted by Crippen LogP contribution is 2.30. The van der Waals surface area contributed by atoms with Gasteiger partial charge < -0.3 is 5.11 Å². The first kappa shape index (κ1) is 10.9. The molecule has 3 nitrogen and oxygen atoms in total. The van der Waals surface area contributed by atoms with Gasteiger partial charge in [-0.2, -0.15) is 0 Å². The van der Waals surface area contributed by atoms with Gasteiger partial charge in [-0.25, -0.2) is 0 Å². The van der Waals surface area contributed by atoms with E-state index in [-0.39, 0.29) is 6.04 Å². The fourth-order valence-electron chi connectivity index (χ4n) is 3.16. The third kappa shape index (κ3) is 2.33. The quantitative estimate of drug-likeness (QED) is 0.776. The summed E-state index contributed by atoms with van der Waals surface area (Å²) >= 11 is 0. The van der Waals surface area contributed by atoms with Crippen LogP contribution in [0.25, 0.3) is 0 Å². The van der Waals surface area contributed by atoms with Gasteiger partial charge in [0.2, 0.25) is 0 Å². The van der Waals surface area contributed by atoms with Crippen molar-refractivity contribution in [3.63, 3.8) is 0 Å². The fourth-order valence-corrected chi connectivity index (χ4v) is 3.16. The second-order valence-electron chi connectivity index (χ2n) is 5.19. The van der Waals surface area contributed by atoms with Crippen LogP contribution in [0.3, 0.4) is 0 Å². The molecule has 2 rings (SSSR count). The van der Waals surface area contributed by atoms with Gasteiger partial charge in [-0.3, -0.25) is 9.69 Å². The minimum atomic E-state index is -0.627. The molecule has 1 aliphatic carbocycles. The molecule has 15 heavy (non-hydrogen) atoms. The third-order valence-electron chi connectivity index (χ3n) is 4.02. The first-order chi connectivity index (χ1) is 7.18. The van der Waals surface area contributed by atoms with Crippen molar-refractivity contribution in [2.75, 3.05) is 13.1 Å². The Kier molecular flexibility index (Phi) is 3.29. The van der Waals surface area contributed by atoms with Crippen LogP contribution in [0.2, 0.25) is 0 Å². The lowest BCUT2D eigenvalue weighted by Crippen LogP contribution is -2.41. The van der Waals surface area contributed by atoms with Gasteiger partial charge in [-0.15, -0.1) is 0 Å². The summed E-state index contributed by atoms with van der Waals surface area (Å²) in [6.07, 6.45) is 6.33. The van der Waals surface area contributed by atoms with E-state index in [0.717, 1.165) is 25.4 Å². The summed E-state index contributed by atoms with van der Waals surface area (Å²) < 4.78 is 0. The second kappa shape index (κ2) is 4.52. The van der Waals surface area contributed by atoms with Crippen molar-refractivity contribution in [1.82, 2.24) is 4.90 Å². The van der Waals surface area contributed by atoms with Gasteiger partial charge in [0.1, 0.15) is 6.04 Å². The monoisotopic (exact) mass is 211 g/mol. The van der Waals surface area contributed by atoms with Gasteiger partial charge in [-0.05, 0) is 37.6 Å². The Morgan fingerprint density at radius 3 is 2.60 bits per heavy atom. The van der Waals surface area contributed by atoms with E-state index in [0.29, 0.717) is 5.92 Å². The van der Waals surface area contributed by atoms with Crippen LogP contribution in [-0.4, -0.2) is 35.1 Å². The van der Waals surface area contributed by atoms with Crippen molar-refractivity contribution < 1.29 is 9.90 Å². The smallest absolute Gasteiger partial charge is 0.321 e. The van der Waals surface area contributed by atoms with Gasteiger partial charge in [0.15, 0.2) is 0 Å². The molecule has 2 fully saturated rings. The van der Waals surface area contributed by atoms with Crippen LogP contribution in [0.15, 0.2) is 0 Å². The maximum atomic E-state index is 11.2. The Labute approximate surface area is 91.5 Å². The summed E-state index contributed by atoms with van der Waals surface area (Å²) in [4.78, 5) is 13.4. The van der Waals surface area contributed by atoms with Crippen LogP contribution >= 0.6 is 0 Å². The van der Waals surface area contributed by atoms with Crippen molar-refractivity contribution in [3.8, 4) is 0 Å². The van der Waals surface area contributed by atoms with Crippen molar-refractivity contribution in [3.05, 3.63) is 0 Å². The molecule has 1 saturated carbocycles. The molecular formula is C12H21NO2. The van der Waals surface area contributed by atoms with E-state index >= 15 is 0 Å². The number of carboxylic acids is 1. The summed E-state index contributed by atoms with van der Waals surface area (Å²) in [5, 5.41) is 9.19. The van der Waals surface area contributed by atoms with Crippen LogP contribution in [0.4, 0.5) is 0 Å². The Balaban J connectivity index is 1.92. The van der Waals surface area contributed by atoms with Crippen LogP contribution < -0.4 is 0 Å². The molecular weight excluding hydrogens is 190 g/mol. The average molecular weight is 211 g/mol. The number of rotatable bonds is 3. The summed E-state index contributed by atoms with van der Waals surface area (Å²) in [5.74, 6) is 0.457. The number of nitrogens with zero attached hydrogens (tertiary/aromatic N) is 1. The lowest BCUT2D eigenvalue weighted by atomic mass is 10.0. The summed E-state index contributed by atoms with van der Waals surface area (Å²) in [5.41, 5.74) is 0. The fraction of sp³-hybridized carbons (Fsp3) is 0.917. The molecule has 0 amide bonds. The zero-order valence-electron chi connectivity index (χ0n) is 9.48. The molecule has 0 aromatic carbocycles. The molecule has 86 valence electrons. The van der Waals surface area contributed by atoms with Crippen molar-refractivity contribution in [1.29, 1.82) is 0 Å². The lowest BCUT2D eigenvalue weighted by Gasteiger charge is -2.25. The zero-order valence-corrected chi connectivity index (χ0v) is 9.48. The number of hydrogen-bond donors (Lipinski definition) is 1. The summed E-state index contributed by atoms with van der Waals surface area (Å²) in [7, 11) is 0. The molecule has 2 aliphatic rings. The van der Waals surface area contributed by atoms with Gasteiger partial charge >= 0.3 is 5.97 Å². The maximum Gasteiger partial charge on any atom is 0.321 e. The minimum Gasteiger partial charge on any atom is -0.480 e. The second-order valence-corrected chi connectivity index (χ2v) is 5.19. The first-order valence-electron chi connectivity index (χ1n) is 6.15. The molecule has 1 heterocycles. The number of likely N-dealkylation sites (tertiary alicyclic amines) is 1. The van der Waals surface area contributed by atoms with E-state index in [1.54, 1.807) is 0 Å². The Bertz CT molecular complexity index is 236. The van der Waals surface area contributed by atoms with E-state index in [1.165, 1.54) is 25.7 Å². The van der Waals surface area contributed by atoms with E-state index in [4.69, 9.17) is 0 Å². The zero-order chi connectivity index (χ0) is 10.8. The number of carbonyl (C=O) groups is 1. The Morgan fingerprint density at radius 1 is 1.33 bits per heavy atom. The van der Waals surface area contributed by atoms with Gasteiger partial charge in [0.05, 0.1) is 0 Å². The van der Waals surface area contributed by atoms with Gasteiger partial charge in [0, 0.05) is 6.54 Å². The van der Waals surface area contributed by atoms with Gasteiger partial charge in [0.25, 0.3) is 0 Å². The van der Waals surface area contributed by atoms with Crippen molar-refractivity contribution in [2.45, 2.75) is 45.1 Å². The molecule has 1 aliphatic heterocycles. The molecule has 0 spiro atoms. The van der Waals surface area contributed by atoms with Crippen molar-refractivity contribution >= 4 is 5.97 Å². The molecule has 0 radical (unpaired) electrons. The topological polar surface area (TPSA) is 40.5 Å². The van der Waals surface area contributed by atoms with Crippen molar-refractivity contribution in [2.24, 2.45) is 11.8 Å². The number of hydrogen-bond acceptors (Lipinski definition) is 2. The predicted octanol–water partition coefficient (Wildman–Crippen LogP) is 1.97. The summed E-state index contributed by atoms with van der Waals surface area (Å²) in [6.45, 7) is 4.06. The normalized spacial score (nSPS) is 33.7. The first-order valence-corrected chi connectivity index (χ1v) is 6.15. The van der Waals surface area contributed by atoms with E-state index in [9.17, 15) is 9.90 Å². The van der Waals surface area contributed by atoms with Crippen LogP contribution in [-0.2, 0) is 4.79 Å². The maximum absolute atomic E-state index is 11.2. The Morgan fingerprint density at radius 2 is 2.00 bits per heavy atom. The highest BCUT2D eigenvalue weighted by atomic mass is 16.4. The standard InChI is InChI=1S/C12H21NO2/c1-9-6-7-13(11(9)12(14)15)8-10-4-2-3-5-10/h9-11H,2-8H2,1H3,(H,14,15). The molecule has 1 N–H and O–H groups in total. The third-order valence-corrected chi connectivity index (χ3v) is 4.02. The Hall–Kier alpha value is -0.570. The molecule has 2 atom stereocenters. The highest BCUT2D eigenvalue weighted by molar-refractivity contribution is 5.74. The van der Waals surface area contributed by atoms with Crippen LogP contribution in [0, 0.1) is 11.8 Å². The van der Waals surface area contributed by atoms with Crippen LogP contribution in [0.1, 0.15) is 39.0 Å². The van der Waals surface area contributed by atoms with E-state index in [2.05, 4.69) is 11.8 Å². The molecule has 0 bridgehead atoms. The van der Waals surface area contributed by atoms with Gasteiger partial charge in [-0.1, -0.05) is 19.8 Å². The average Bonchev–Trinajstić information content (AvgIpc) is 2.76. The van der Waals surface area contributed by atoms with Crippen LogP contribution in [0.5, 0.6) is 0 Å². The SMILES string of the molecule is CC1CCN(CC2CCCC2)C1C(=O)O. The minimum absolute atomic E-state index is 0.217.